The van der Waals surface area contributed by atoms with Gasteiger partial charge in [0.1, 0.15) is 0 Å². The van der Waals surface area contributed by atoms with Crippen molar-refractivity contribution < 1.29 is 9.59 Å². The molecule has 142 valence electrons. The molecule has 0 aliphatic carbocycles. The molecule has 0 heterocycles. The van der Waals surface area contributed by atoms with Crippen LogP contribution < -0.4 is 21.7 Å². The van der Waals surface area contributed by atoms with Gasteiger partial charge in [-0.3, -0.25) is 14.9 Å². The zero-order chi connectivity index (χ0) is 19.6. The molecule has 0 unspecified atom stereocenters. The Hall–Kier alpha value is -2.48. The Morgan fingerprint density at radius 2 is 1.67 bits per heavy atom. The SMILES string of the molecule is NCCCCC(=O)Nc1ccc(NC(=S)NC(=O)c2cccc(Cl)c2)cc1. The Morgan fingerprint density at radius 3 is 2.30 bits per heavy atom. The third kappa shape index (κ3) is 7.34. The highest BCUT2D eigenvalue weighted by atomic mass is 35.5. The van der Waals surface area contributed by atoms with Crippen molar-refractivity contribution >= 4 is 52.1 Å². The molecule has 0 bridgehead atoms. The summed E-state index contributed by atoms with van der Waals surface area (Å²) in [5, 5.41) is 8.97. The van der Waals surface area contributed by atoms with E-state index < -0.39 is 0 Å². The highest BCUT2D eigenvalue weighted by Gasteiger charge is 2.08. The maximum Gasteiger partial charge on any atom is 0.257 e. The Kier molecular flexibility index (Phi) is 8.19. The van der Waals surface area contributed by atoms with Gasteiger partial charge in [0.2, 0.25) is 5.91 Å². The van der Waals surface area contributed by atoms with Crippen molar-refractivity contribution in [2.24, 2.45) is 5.73 Å². The molecule has 5 N–H and O–H groups in total. The van der Waals surface area contributed by atoms with Gasteiger partial charge in [-0.05, 0) is 74.1 Å². The topological polar surface area (TPSA) is 96.2 Å². The zero-order valence-corrected chi connectivity index (χ0v) is 16.2. The van der Waals surface area contributed by atoms with Crippen molar-refractivity contribution in [3.05, 3.63) is 59.1 Å². The maximum absolute atomic E-state index is 12.1. The minimum Gasteiger partial charge on any atom is -0.332 e. The lowest BCUT2D eigenvalue weighted by molar-refractivity contribution is -0.116. The zero-order valence-electron chi connectivity index (χ0n) is 14.6. The number of carbonyl (C=O) groups excluding carboxylic acids is 2. The minimum absolute atomic E-state index is 0.0477. The Bertz CT molecular complexity index is 812. The van der Waals surface area contributed by atoms with Gasteiger partial charge in [-0.15, -0.1) is 0 Å². The number of halogens is 1. The van der Waals surface area contributed by atoms with Crippen LogP contribution in [0.3, 0.4) is 0 Å². The molecule has 2 amide bonds. The number of nitrogens with one attached hydrogen (secondary N) is 3. The second-order valence-corrected chi connectivity index (χ2v) is 6.63. The second-order valence-electron chi connectivity index (χ2n) is 5.79. The molecule has 8 heteroatoms. The molecule has 0 saturated carbocycles. The van der Waals surface area contributed by atoms with E-state index in [2.05, 4.69) is 16.0 Å². The lowest BCUT2D eigenvalue weighted by Crippen LogP contribution is -2.34. The fraction of sp³-hybridized carbons (Fsp3) is 0.211. The predicted molar refractivity (Wildman–Crippen MR) is 113 cm³/mol. The monoisotopic (exact) mass is 404 g/mol. The summed E-state index contributed by atoms with van der Waals surface area (Å²) in [7, 11) is 0. The van der Waals surface area contributed by atoms with Crippen LogP contribution in [0, 0.1) is 0 Å². The molecule has 2 aromatic carbocycles. The van der Waals surface area contributed by atoms with Gasteiger partial charge in [-0.25, -0.2) is 0 Å². The average molecular weight is 405 g/mol. The number of anilines is 2. The van der Waals surface area contributed by atoms with Crippen LogP contribution in [0.1, 0.15) is 29.6 Å². The summed E-state index contributed by atoms with van der Waals surface area (Å²) in [4.78, 5) is 23.9. The number of benzene rings is 2. The number of thiocarbonyl (C=S) groups is 1. The number of hydrogen-bond acceptors (Lipinski definition) is 4. The highest BCUT2D eigenvalue weighted by molar-refractivity contribution is 7.80. The van der Waals surface area contributed by atoms with Gasteiger partial charge < -0.3 is 16.4 Å². The molecular weight excluding hydrogens is 384 g/mol. The summed E-state index contributed by atoms with van der Waals surface area (Å²) < 4.78 is 0. The average Bonchev–Trinajstić information content (AvgIpc) is 2.63. The molecule has 0 aliphatic rings. The third-order valence-corrected chi connectivity index (χ3v) is 4.04. The summed E-state index contributed by atoms with van der Waals surface area (Å²) in [5.41, 5.74) is 7.20. The van der Waals surface area contributed by atoms with E-state index in [4.69, 9.17) is 29.6 Å². The highest BCUT2D eigenvalue weighted by Crippen LogP contribution is 2.14. The van der Waals surface area contributed by atoms with E-state index >= 15 is 0 Å². The molecular formula is C19H21ClN4O2S. The van der Waals surface area contributed by atoms with Gasteiger partial charge in [0.15, 0.2) is 5.11 Å². The largest absolute Gasteiger partial charge is 0.332 e. The van der Waals surface area contributed by atoms with Crippen LogP contribution in [0.2, 0.25) is 5.02 Å². The van der Waals surface area contributed by atoms with E-state index in [1.165, 1.54) is 0 Å². The molecule has 6 nitrogen and oxygen atoms in total. The molecule has 0 fully saturated rings. The molecule has 0 radical (unpaired) electrons. The molecule has 0 atom stereocenters. The van der Waals surface area contributed by atoms with E-state index in [0.717, 1.165) is 12.8 Å². The van der Waals surface area contributed by atoms with E-state index in [9.17, 15) is 9.59 Å². The quantitative estimate of drug-likeness (QED) is 0.418. The van der Waals surface area contributed by atoms with Crippen LogP contribution in [0.4, 0.5) is 11.4 Å². The summed E-state index contributed by atoms with van der Waals surface area (Å²) in [6.07, 6.45) is 2.04. The van der Waals surface area contributed by atoms with Gasteiger partial charge in [0, 0.05) is 28.4 Å². The predicted octanol–water partition coefficient (Wildman–Crippen LogP) is 3.53. The van der Waals surface area contributed by atoms with Crippen molar-refractivity contribution in [2.45, 2.75) is 19.3 Å². The van der Waals surface area contributed by atoms with Crippen LogP contribution in [0.5, 0.6) is 0 Å². The molecule has 0 aromatic heterocycles. The molecule has 0 saturated heterocycles. The smallest absolute Gasteiger partial charge is 0.257 e. The molecule has 2 aromatic rings. The summed E-state index contributed by atoms with van der Waals surface area (Å²) in [6, 6.07) is 13.6. The minimum atomic E-state index is -0.351. The first kappa shape index (κ1) is 20.8. The van der Waals surface area contributed by atoms with Crippen LogP contribution in [0.15, 0.2) is 48.5 Å². The van der Waals surface area contributed by atoms with E-state index in [-0.39, 0.29) is 16.9 Å². The van der Waals surface area contributed by atoms with Crippen LogP contribution in [-0.2, 0) is 4.79 Å². The molecule has 0 spiro atoms. The normalized spacial score (nSPS) is 10.1. The number of unbranched alkanes of at least 4 members (excludes halogenated alkanes) is 1. The van der Waals surface area contributed by atoms with Crippen molar-refractivity contribution in [3.63, 3.8) is 0 Å². The number of hydrogen-bond donors (Lipinski definition) is 4. The molecule has 0 aliphatic heterocycles. The molecule has 27 heavy (non-hydrogen) atoms. The number of rotatable bonds is 7. The molecule has 2 rings (SSSR count). The van der Waals surface area contributed by atoms with Crippen molar-refractivity contribution in [3.8, 4) is 0 Å². The fourth-order valence-corrected chi connectivity index (χ4v) is 2.66. The standard InChI is InChI=1S/C19H21ClN4O2S/c20-14-5-3-4-13(12-14)18(26)24-19(27)23-16-9-7-15(8-10-16)22-17(25)6-1-2-11-21/h3-5,7-10,12H,1-2,6,11,21H2,(H,22,25)(H2,23,24,26,27). The van der Waals surface area contributed by atoms with Crippen LogP contribution in [-0.4, -0.2) is 23.5 Å². The Morgan fingerprint density at radius 1 is 1.00 bits per heavy atom. The first-order chi connectivity index (χ1) is 13.0. The number of carbonyl (C=O) groups is 2. The van der Waals surface area contributed by atoms with E-state index in [0.29, 0.717) is 34.9 Å². The summed E-state index contributed by atoms with van der Waals surface area (Å²) in [6.45, 7) is 0.585. The van der Waals surface area contributed by atoms with E-state index in [1.807, 2.05) is 0 Å². The first-order valence-electron chi connectivity index (χ1n) is 8.46. The van der Waals surface area contributed by atoms with Gasteiger partial charge in [0.25, 0.3) is 5.91 Å². The van der Waals surface area contributed by atoms with Crippen LogP contribution in [0.25, 0.3) is 0 Å². The summed E-state index contributed by atoms with van der Waals surface area (Å²) in [5.74, 6) is -0.398. The van der Waals surface area contributed by atoms with E-state index in [1.54, 1.807) is 48.5 Å². The van der Waals surface area contributed by atoms with Gasteiger partial charge >= 0.3 is 0 Å². The van der Waals surface area contributed by atoms with Gasteiger partial charge in [0.05, 0.1) is 0 Å². The van der Waals surface area contributed by atoms with Crippen molar-refractivity contribution in [1.82, 2.24) is 5.32 Å². The lowest BCUT2D eigenvalue weighted by Gasteiger charge is -2.11. The first-order valence-corrected chi connectivity index (χ1v) is 9.24. The Labute approximate surface area is 168 Å². The van der Waals surface area contributed by atoms with Gasteiger partial charge in [-0.1, -0.05) is 17.7 Å². The number of nitrogens with two attached hydrogens (primary N) is 1. The maximum atomic E-state index is 12.1. The Balaban J connectivity index is 1.84. The number of amides is 2. The lowest BCUT2D eigenvalue weighted by atomic mass is 10.2. The summed E-state index contributed by atoms with van der Waals surface area (Å²) >= 11 is 11.0. The fourth-order valence-electron chi connectivity index (χ4n) is 2.26. The third-order valence-electron chi connectivity index (χ3n) is 3.60. The van der Waals surface area contributed by atoms with Crippen LogP contribution >= 0.6 is 23.8 Å². The second kappa shape index (κ2) is 10.6. The van der Waals surface area contributed by atoms with Gasteiger partial charge in [-0.2, -0.15) is 0 Å². The van der Waals surface area contributed by atoms with Crippen molar-refractivity contribution in [1.29, 1.82) is 0 Å². The van der Waals surface area contributed by atoms with Crippen molar-refractivity contribution in [2.75, 3.05) is 17.2 Å².